The molecule has 2 unspecified atom stereocenters. The van der Waals surface area contributed by atoms with Crippen LogP contribution in [0, 0.1) is 5.92 Å². The molecule has 3 nitrogen and oxygen atoms in total. The first-order chi connectivity index (χ1) is 7.79. The highest BCUT2D eigenvalue weighted by atomic mass is 79.9. The Kier molecular flexibility index (Phi) is 2.56. The molecule has 1 fully saturated rings. The van der Waals surface area contributed by atoms with E-state index < -0.39 is 0 Å². The summed E-state index contributed by atoms with van der Waals surface area (Å²) in [6.07, 6.45) is 1.07. The third-order valence-electron chi connectivity index (χ3n) is 3.20. The van der Waals surface area contributed by atoms with Crippen LogP contribution in [-0.2, 0) is 0 Å². The summed E-state index contributed by atoms with van der Waals surface area (Å²) in [6, 6.07) is 4.12. The molecule has 0 amide bonds. The topological polar surface area (TPSA) is 38.7 Å². The fourth-order valence-corrected chi connectivity index (χ4v) is 2.78. The molecule has 86 valence electrons. The van der Waals surface area contributed by atoms with E-state index in [2.05, 4.69) is 22.0 Å². The molecule has 0 aromatic heterocycles. The number of hydrogen-bond donors (Lipinski definition) is 1. The zero-order valence-electron chi connectivity index (χ0n) is 8.78. The number of hydrogen-bond acceptors (Lipinski definition) is 3. The second-order valence-corrected chi connectivity index (χ2v) is 5.17. The van der Waals surface area contributed by atoms with Gasteiger partial charge in [0.2, 0.25) is 0 Å². The van der Waals surface area contributed by atoms with Gasteiger partial charge in [0.25, 0.3) is 0 Å². The lowest BCUT2D eigenvalue weighted by Gasteiger charge is -2.20. The first-order valence-electron chi connectivity index (χ1n) is 5.49. The van der Waals surface area contributed by atoms with E-state index in [4.69, 9.17) is 14.6 Å². The SMILES string of the molecule is OCC1CC1c1cc(Br)c2c(c1)OCCO2. The molecular formula is C12H13BrO3. The van der Waals surface area contributed by atoms with Crippen LogP contribution in [0.15, 0.2) is 16.6 Å². The Labute approximate surface area is 102 Å². The molecule has 1 heterocycles. The zero-order valence-corrected chi connectivity index (χ0v) is 10.4. The standard InChI is InChI=1S/C12H13BrO3/c13-10-4-7(9-3-8(9)6-14)5-11-12(10)16-2-1-15-11/h4-5,8-9,14H,1-3,6H2. The van der Waals surface area contributed by atoms with E-state index in [9.17, 15) is 0 Å². The number of ether oxygens (including phenoxy) is 2. The number of halogens is 1. The van der Waals surface area contributed by atoms with Crippen LogP contribution in [0.3, 0.4) is 0 Å². The van der Waals surface area contributed by atoms with Crippen molar-refractivity contribution in [3.63, 3.8) is 0 Å². The van der Waals surface area contributed by atoms with Crippen molar-refractivity contribution < 1.29 is 14.6 Å². The highest BCUT2D eigenvalue weighted by Gasteiger charge is 2.38. The highest BCUT2D eigenvalue weighted by molar-refractivity contribution is 9.10. The van der Waals surface area contributed by atoms with Crippen molar-refractivity contribution in [2.24, 2.45) is 5.92 Å². The third kappa shape index (κ3) is 1.70. The number of rotatable bonds is 2. The van der Waals surface area contributed by atoms with Crippen LogP contribution in [0.2, 0.25) is 0 Å². The fraction of sp³-hybridized carbons (Fsp3) is 0.500. The summed E-state index contributed by atoms with van der Waals surface area (Å²) in [4.78, 5) is 0. The van der Waals surface area contributed by atoms with E-state index in [1.54, 1.807) is 0 Å². The summed E-state index contributed by atoms with van der Waals surface area (Å²) in [5.41, 5.74) is 1.23. The molecule has 3 rings (SSSR count). The second kappa shape index (κ2) is 3.93. The molecule has 1 saturated carbocycles. The van der Waals surface area contributed by atoms with Gasteiger partial charge in [0.15, 0.2) is 11.5 Å². The highest BCUT2D eigenvalue weighted by Crippen LogP contribution is 2.50. The minimum atomic E-state index is 0.275. The van der Waals surface area contributed by atoms with Crippen molar-refractivity contribution in [2.75, 3.05) is 19.8 Å². The molecule has 1 aromatic carbocycles. The molecule has 0 bridgehead atoms. The number of fused-ring (bicyclic) bond motifs is 1. The van der Waals surface area contributed by atoms with Crippen molar-refractivity contribution >= 4 is 15.9 Å². The van der Waals surface area contributed by atoms with Crippen LogP contribution < -0.4 is 9.47 Å². The lowest BCUT2D eigenvalue weighted by atomic mass is 10.1. The summed E-state index contributed by atoms with van der Waals surface area (Å²) in [6.45, 7) is 1.49. The first kappa shape index (κ1) is 10.4. The van der Waals surface area contributed by atoms with Crippen molar-refractivity contribution in [1.82, 2.24) is 0 Å². The lowest BCUT2D eigenvalue weighted by molar-refractivity contribution is 0.170. The molecule has 0 spiro atoms. The summed E-state index contributed by atoms with van der Waals surface area (Å²) >= 11 is 3.50. The molecule has 0 radical (unpaired) electrons. The summed E-state index contributed by atoms with van der Waals surface area (Å²) in [5, 5.41) is 9.08. The molecule has 1 aliphatic heterocycles. The van der Waals surface area contributed by atoms with Gasteiger partial charge in [0.1, 0.15) is 13.2 Å². The van der Waals surface area contributed by atoms with E-state index in [-0.39, 0.29) is 6.61 Å². The maximum Gasteiger partial charge on any atom is 0.175 e. The molecule has 1 N–H and O–H groups in total. The Morgan fingerprint density at radius 1 is 1.31 bits per heavy atom. The predicted octanol–water partition coefficient (Wildman–Crippen LogP) is 2.32. The summed E-state index contributed by atoms with van der Waals surface area (Å²) in [5.74, 6) is 2.53. The average molecular weight is 285 g/mol. The van der Waals surface area contributed by atoms with Crippen molar-refractivity contribution in [3.05, 3.63) is 22.2 Å². The second-order valence-electron chi connectivity index (χ2n) is 4.31. The predicted molar refractivity (Wildman–Crippen MR) is 63.1 cm³/mol. The van der Waals surface area contributed by atoms with E-state index in [1.807, 2.05) is 6.07 Å². The van der Waals surface area contributed by atoms with Gasteiger partial charge in [-0.15, -0.1) is 0 Å². The van der Waals surface area contributed by atoms with Gasteiger partial charge in [0.05, 0.1) is 4.47 Å². The largest absolute Gasteiger partial charge is 0.486 e. The van der Waals surface area contributed by atoms with Crippen LogP contribution in [0.1, 0.15) is 17.9 Å². The third-order valence-corrected chi connectivity index (χ3v) is 3.79. The van der Waals surface area contributed by atoms with Crippen LogP contribution >= 0.6 is 15.9 Å². The fourth-order valence-electron chi connectivity index (χ4n) is 2.20. The molecule has 2 aliphatic rings. The Hall–Kier alpha value is -0.740. The minimum absolute atomic E-state index is 0.275. The Morgan fingerprint density at radius 3 is 2.88 bits per heavy atom. The smallest absolute Gasteiger partial charge is 0.175 e. The molecule has 2 atom stereocenters. The zero-order chi connectivity index (χ0) is 11.1. The maximum atomic E-state index is 9.08. The van der Waals surface area contributed by atoms with Crippen LogP contribution in [-0.4, -0.2) is 24.9 Å². The van der Waals surface area contributed by atoms with E-state index >= 15 is 0 Å². The molecule has 4 heteroatoms. The molecular weight excluding hydrogens is 272 g/mol. The minimum Gasteiger partial charge on any atom is -0.486 e. The Bertz CT molecular complexity index is 419. The van der Waals surface area contributed by atoms with Gasteiger partial charge in [0, 0.05) is 6.61 Å². The lowest BCUT2D eigenvalue weighted by Crippen LogP contribution is -2.15. The summed E-state index contributed by atoms with van der Waals surface area (Å²) < 4.78 is 12.1. The van der Waals surface area contributed by atoms with Crippen LogP contribution in [0.5, 0.6) is 11.5 Å². The van der Waals surface area contributed by atoms with Gasteiger partial charge in [-0.1, -0.05) is 0 Å². The molecule has 1 aliphatic carbocycles. The van der Waals surface area contributed by atoms with Crippen molar-refractivity contribution in [1.29, 1.82) is 0 Å². The first-order valence-corrected chi connectivity index (χ1v) is 6.29. The monoisotopic (exact) mass is 284 g/mol. The van der Waals surface area contributed by atoms with Gasteiger partial charge in [-0.2, -0.15) is 0 Å². The van der Waals surface area contributed by atoms with E-state index in [0.717, 1.165) is 22.4 Å². The number of benzene rings is 1. The van der Waals surface area contributed by atoms with Crippen LogP contribution in [0.25, 0.3) is 0 Å². The van der Waals surface area contributed by atoms with Gasteiger partial charge >= 0.3 is 0 Å². The van der Waals surface area contributed by atoms with Crippen molar-refractivity contribution in [2.45, 2.75) is 12.3 Å². The quantitative estimate of drug-likeness (QED) is 0.906. The van der Waals surface area contributed by atoms with Gasteiger partial charge in [-0.25, -0.2) is 0 Å². The normalized spacial score (nSPS) is 26.6. The summed E-state index contributed by atoms with van der Waals surface area (Å²) in [7, 11) is 0. The van der Waals surface area contributed by atoms with Gasteiger partial charge in [-0.3, -0.25) is 0 Å². The molecule has 0 saturated heterocycles. The number of aliphatic hydroxyl groups is 1. The van der Waals surface area contributed by atoms with Crippen molar-refractivity contribution in [3.8, 4) is 11.5 Å². The average Bonchev–Trinajstić information content (AvgIpc) is 3.08. The van der Waals surface area contributed by atoms with E-state index in [1.165, 1.54) is 5.56 Å². The van der Waals surface area contributed by atoms with E-state index in [0.29, 0.717) is 25.0 Å². The molecule has 16 heavy (non-hydrogen) atoms. The maximum absolute atomic E-state index is 9.08. The number of aliphatic hydroxyl groups excluding tert-OH is 1. The Morgan fingerprint density at radius 2 is 2.12 bits per heavy atom. The van der Waals surface area contributed by atoms with Crippen LogP contribution in [0.4, 0.5) is 0 Å². The molecule has 1 aromatic rings. The Balaban J connectivity index is 1.93. The van der Waals surface area contributed by atoms with Gasteiger partial charge < -0.3 is 14.6 Å². The van der Waals surface area contributed by atoms with Gasteiger partial charge in [-0.05, 0) is 51.9 Å².